The summed E-state index contributed by atoms with van der Waals surface area (Å²) in [6, 6.07) is 0. The van der Waals surface area contributed by atoms with Crippen LogP contribution in [0.3, 0.4) is 0 Å². The Balaban J connectivity index is 2.14. The van der Waals surface area contributed by atoms with Crippen LogP contribution < -0.4 is 10.6 Å². The first-order valence-corrected chi connectivity index (χ1v) is 4.06. The third-order valence-corrected chi connectivity index (χ3v) is 2.24. The van der Waals surface area contributed by atoms with Crippen molar-refractivity contribution in [3.8, 4) is 0 Å². The van der Waals surface area contributed by atoms with Gasteiger partial charge < -0.3 is 5.32 Å². The molecular weight excluding hydrogens is 124 g/mol. The molecule has 2 rings (SSSR count). The lowest BCUT2D eigenvalue weighted by molar-refractivity contribution is 0.547. The Morgan fingerprint density at radius 3 is 3.20 bits per heavy atom. The molecule has 0 atom stereocenters. The summed E-state index contributed by atoms with van der Waals surface area (Å²) in [7, 11) is 0. The molecule has 2 heterocycles. The number of hydrogen-bond donors (Lipinski definition) is 1. The lowest BCUT2D eigenvalue weighted by Gasteiger charge is -2.24. The summed E-state index contributed by atoms with van der Waals surface area (Å²) < 4.78 is 0. The number of nitrogens with one attached hydrogen (secondary N) is 1. The molecule has 0 aromatic heterocycles. The van der Waals surface area contributed by atoms with Crippen molar-refractivity contribution in [3.05, 3.63) is 11.3 Å². The first-order valence-electron chi connectivity index (χ1n) is 4.06. The van der Waals surface area contributed by atoms with Gasteiger partial charge in [-0.1, -0.05) is 0 Å². The van der Waals surface area contributed by atoms with Crippen molar-refractivity contribution in [1.82, 2.24) is 10.6 Å². The summed E-state index contributed by atoms with van der Waals surface area (Å²) in [4.78, 5) is 0. The maximum Gasteiger partial charge on any atom is 0.0478 e. The molecule has 0 aromatic rings. The SMILES string of the molecule is C1C[N]C2=C(C1)CCNC2. The first kappa shape index (κ1) is 6.23. The normalized spacial score (nSPS) is 25.6. The molecule has 0 saturated heterocycles. The van der Waals surface area contributed by atoms with Gasteiger partial charge in [0.2, 0.25) is 0 Å². The van der Waals surface area contributed by atoms with Crippen LogP contribution in [-0.2, 0) is 0 Å². The highest BCUT2D eigenvalue weighted by Gasteiger charge is 2.15. The van der Waals surface area contributed by atoms with Crippen molar-refractivity contribution in [3.63, 3.8) is 0 Å². The van der Waals surface area contributed by atoms with Crippen LogP contribution in [0.5, 0.6) is 0 Å². The second-order valence-electron chi connectivity index (χ2n) is 2.96. The lowest BCUT2D eigenvalue weighted by Crippen LogP contribution is -2.31. The Hall–Kier alpha value is -0.500. The molecule has 0 spiro atoms. The number of rotatable bonds is 0. The van der Waals surface area contributed by atoms with E-state index in [-0.39, 0.29) is 0 Å². The van der Waals surface area contributed by atoms with Crippen LogP contribution in [0.2, 0.25) is 0 Å². The van der Waals surface area contributed by atoms with Gasteiger partial charge in [-0.2, -0.15) is 0 Å². The zero-order chi connectivity index (χ0) is 6.81. The van der Waals surface area contributed by atoms with Gasteiger partial charge in [0.25, 0.3) is 0 Å². The molecule has 1 radical (unpaired) electrons. The van der Waals surface area contributed by atoms with Crippen LogP contribution in [-0.4, -0.2) is 19.6 Å². The number of nitrogens with zero attached hydrogens (tertiary/aromatic N) is 1. The van der Waals surface area contributed by atoms with Crippen molar-refractivity contribution >= 4 is 0 Å². The third kappa shape index (κ3) is 1.03. The van der Waals surface area contributed by atoms with Crippen molar-refractivity contribution in [1.29, 1.82) is 0 Å². The van der Waals surface area contributed by atoms with Gasteiger partial charge in [0, 0.05) is 18.8 Å². The van der Waals surface area contributed by atoms with Gasteiger partial charge in [-0.3, -0.25) is 5.32 Å². The fourth-order valence-corrected chi connectivity index (χ4v) is 1.66. The van der Waals surface area contributed by atoms with Crippen molar-refractivity contribution in [2.45, 2.75) is 19.3 Å². The van der Waals surface area contributed by atoms with E-state index in [2.05, 4.69) is 10.6 Å². The van der Waals surface area contributed by atoms with E-state index in [0.717, 1.165) is 19.6 Å². The minimum absolute atomic E-state index is 1.02. The van der Waals surface area contributed by atoms with E-state index in [0.29, 0.717) is 0 Å². The van der Waals surface area contributed by atoms with E-state index in [1.807, 2.05) is 0 Å². The lowest BCUT2D eigenvalue weighted by atomic mass is 9.98. The minimum atomic E-state index is 1.02. The average molecular weight is 137 g/mol. The molecule has 2 heteroatoms. The molecule has 2 aliphatic heterocycles. The smallest absolute Gasteiger partial charge is 0.0478 e. The maximum atomic E-state index is 4.47. The van der Waals surface area contributed by atoms with Crippen LogP contribution in [0.25, 0.3) is 0 Å². The van der Waals surface area contributed by atoms with E-state index in [4.69, 9.17) is 0 Å². The van der Waals surface area contributed by atoms with Gasteiger partial charge in [-0.25, -0.2) is 0 Å². The minimum Gasteiger partial charge on any atom is -0.311 e. The Bertz CT molecular complexity index is 127. The molecule has 0 saturated carbocycles. The predicted octanol–water partition coefficient (Wildman–Crippen LogP) is 0.632. The van der Waals surface area contributed by atoms with Gasteiger partial charge in [-0.15, -0.1) is 0 Å². The molecule has 0 aromatic carbocycles. The molecule has 0 fully saturated rings. The Morgan fingerprint density at radius 2 is 2.30 bits per heavy atom. The number of hydrogen-bond acceptors (Lipinski definition) is 1. The monoisotopic (exact) mass is 137 g/mol. The van der Waals surface area contributed by atoms with Gasteiger partial charge >= 0.3 is 0 Å². The predicted molar refractivity (Wildman–Crippen MR) is 40.7 cm³/mol. The Labute approximate surface area is 61.7 Å². The molecule has 0 amide bonds. The topological polar surface area (TPSA) is 26.1 Å². The van der Waals surface area contributed by atoms with E-state index in [9.17, 15) is 0 Å². The Morgan fingerprint density at radius 1 is 1.30 bits per heavy atom. The summed E-state index contributed by atoms with van der Waals surface area (Å²) in [5.74, 6) is 0. The molecule has 0 aliphatic carbocycles. The highest BCUT2D eigenvalue weighted by Crippen LogP contribution is 2.20. The maximum absolute atomic E-state index is 4.47. The van der Waals surface area contributed by atoms with Crippen molar-refractivity contribution in [2.75, 3.05) is 19.6 Å². The highest BCUT2D eigenvalue weighted by molar-refractivity contribution is 5.19. The highest BCUT2D eigenvalue weighted by atomic mass is 15.0. The van der Waals surface area contributed by atoms with E-state index < -0.39 is 0 Å². The van der Waals surface area contributed by atoms with Gasteiger partial charge in [0.15, 0.2) is 0 Å². The summed E-state index contributed by atoms with van der Waals surface area (Å²) in [6.07, 6.45) is 3.82. The fraction of sp³-hybridized carbons (Fsp3) is 0.750. The molecule has 10 heavy (non-hydrogen) atoms. The molecule has 2 aliphatic rings. The summed E-state index contributed by atoms with van der Waals surface area (Å²) in [6.45, 7) is 3.24. The van der Waals surface area contributed by atoms with Crippen LogP contribution in [0.1, 0.15) is 19.3 Å². The molecular formula is C8H13N2. The third-order valence-electron chi connectivity index (χ3n) is 2.24. The second-order valence-corrected chi connectivity index (χ2v) is 2.96. The van der Waals surface area contributed by atoms with Crippen molar-refractivity contribution in [2.24, 2.45) is 0 Å². The zero-order valence-electron chi connectivity index (χ0n) is 6.19. The standard InChI is InChI=1S/C8H13N2/c1-2-7-3-5-9-6-8(7)10-4-1/h9H,1-6H2. The quantitative estimate of drug-likeness (QED) is 0.520. The molecule has 0 unspecified atom stereocenters. The Kier molecular flexibility index (Phi) is 1.63. The second kappa shape index (κ2) is 2.62. The van der Waals surface area contributed by atoms with Crippen LogP contribution in [0.15, 0.2) is 11.3 Å². The zero-order valence-corrected chi connectivity index (χ0v) is 6.19. The summed E-state index contributed by atoms with van der Waals surface area (Å²) in [5, 5.41) is 7.80. The summed E-state index contributed by atoms with van der Waals surface area (Å²) >= 11 is 0. The molecule has 55 valence electrons. The molecule has 2 nitrogen and oxygen atoms in total. The van der Waals surface area contributed by atoms with Crippen LogP contribution in [0, 0.1) is 0 Å². The molecule has 1 N–H and O–H groups in total. The average Bonchev–Trinajstić information content (AvgIpc) is 2.05. The van der Waals surface area contributed by atoms with Crippen molar-refractivity contribution < 1.29 is 0 Å². The van der Waals surface area contributed by atoms with E-state index in [1.54, 1.807) is 5.57 Å². The fourth-order valence-electron chi connectivity index (χ4n) is 1.66. The van der Waals surface area contributed by atoms with Crippen LogP contribution in [0.4, 0.5) is 0 Å². The van der Waals surface area contributed by atoms with E-state index in [1.165, 1.54) is 25.0 Å². The van der Waals surface area contributed by atoms with Crippen LogP contribution >= 0.6 is 0 Å². The summed E-state index contributed by atoms with van der Waals surface area (Å²) in [5.41, 5.74) is 2.97. The van der Waals surface area contributed by atoms with Gasteiger partial charge in [0.05, 0.1) is 0 Å². The van der Waals surface area contributed by atoms with Gasteiger partial charge in [0.1, 0.15) is 0 Å². The van der Waals surface area contributed by atoms with Gasteiger partial charge in [-0.05, 0) is 31.4 Å². The first-order chi connectivity index (χ1) is 4.97. The largest absolute Gasteiger partial charge is 0.311 e. The van der Waals surface area contributed by atoms with E-state index >= 15 is 0 Å². The molecule has 0 bridgehead atoms.